The predicted octanol–water partition coefficient (Wildman–Crippen LogP) is 4.03. The zero-order valence-corrected chi connectivity index (χ0v) is 14.3. The minimum atomic E-state index is -4.89. The second-order valence-electron chi connectivity index (χ2n) is 6.24. The van der Waals surface area contributed by atoms with Gasteiger partial charge in [0.25, 0.3) is 5.91 Å². The molecule has 0 bridgehead atoms. The van der Waals surface area contributed by atoms with Crippen molar-refractivity contribution in [3.63, 3.8) is 0 Å². The third-order valence-corrected chi connectivity index (χ3v) is 4.41. The SMILES string of the molecule is CC1=C(C(=O)Nc2ccc(-n3ncc(C(=O)O)c3C(F)(F)F)cc2)CCC1. The van der Waals surface area contributed by atoms with Crippen LogP contribution in [0.3, 0.4) is 0 Å². The first-order valence-electron chi connectivity index (χ1n) is 8.17. The molecule has 0 saturated carbocycles. The van der Waals surface area contributed by atoms with Crippen LogP contribution in [0.5, 0.6) is 0 Å². The van der Waals surface area contributed by atoms with Crippen molar-refractivity contribution in [2.75, 3.05) is 5.32 Å². The van der Waals surface area contributed by atoms with E-state index in [-0.39, 0.29) is 11.6 Å². The number of benzene rings is 1. The highest BCUT2D eigenvalue weighted by Crippen LogP contribution is 2.34. The van der Waals surface area contributed by atoms with Crippen molar-refractivity contribution >= 4 is 17.6 Å². The van der Waals surface area contributed by atoms with E-state index >= 15 is 0 Å². The number of halogens is 3. The predicted molar refractivity (Wildman–Crippen MR) is 90.7 cm³/mol. The lowest BCUT2D eigenvalue weighted by atomic mass is 10.1. The number of nitrogens with one attached hydrogen (secondary N) is 1. The van der Waals surface area contributed by atoms with Gasteiger partial charge in [-0.2, -0.15) is 18.3 Å². The molecule has 1 aliphatic carbocycles. The summed E-state index contributed by atoms with van der Waals surface area (Å²) in [4.78, 5) is 23.3. The van der Waals surface area contributed by atoms with Crippen molar-refractivity contribution < 1.29 is 27.9 Å². The Bertz CT molecular complexity index is 928. The molecule has 0 aliphatic heterocycles. The molecular formula is C18H16F3N3O3. The number of anilines is 1. The Morgan fingerprint density at radius 3 is 2.37 bits per heavy atom. The molecule has 3 rings (SSSR count). The Hall–Kier alpha value is -3.10. The molecule has 0 atom stereocenters. The highest BCUT2D eigenvalue weighted by molar-refractivity contribution is 6.04. The molecule has 0 saturated heterocycles. The van der Waals surface area contributed by atoms with Crippen LogP contribution in [0.25, 0.3) is 5.69 Å². The molecule has 1 aliphatic rings. The van der Waals surface area contributed by atoms with Crippen LogP contribution < -0.4 is 5.32 Å². The van der Waals surface area contributed by atoms with Gasteiger partial charge >= 0.3 is 12.1 Å². The Morgan fingerprint density at radius 1 is 1.19 bits per heavy atom. The van der Waals surface area contributed by atoms with E-state index in [1.807, 2.05) is 6.92 Å². The van der Waals surface area contributed by atoms with E-state index in [4.69, 9.17) is 5.11 Å². The fourth-order valence-corrected chi connectivity index (χ4v) is 3.07. The molecule has 2 aromatic rings. The lowest BCUT2D eigenvalue weighted by molar-refractivity contribution is -0.143. The standard InChI is InChI=1S/C18H16F3N3O3/c1-10-3-2-4-13(10)16(25)23-11-5-7-12(8-6-11)24-15(18(19,20)21)14(9-22-24)17(26)27/h5-9H,2-4H2,1H3,(H,23,25)(H,26,27). The monoisotopic (exact) mass is 379 g/mol. The summed E-state index contributed by atoms with van der Waals surface area (Å²) in [6, 6.07) is 5.56. The number of aromatic carboxylic acids is 1. The first-order chi connectivity index (χ1) is 12.7. The third-order valence-electron chi connectivity index (χ3n) is 4.41. The average molecular weight is 379 g/mol. The molecule has 9 heteroatoms. The Balaban J connectivity index is 1.87. The minimum absolute atomic E-state index is 0.0316. The van der Waals surface area contributed by atoms with Gasteiger partial charge in [0.2, 0.25) is 0 Å². The number of hydrogen-bond acceptors (Lipinski definition) is 3. The van der Waals surface area contributed by atoms with E-state index < -0.39 is 23.4 Å². The van der Waals surface area contributed by atoms with Gasteiger partial charge in [-0.3, -0.25) is 4.79 Å². The molecule has 1 amide bonds. The number of aromatic nitrogens is 2. The van der Waals surface area contributed by atoms with Crippen molar-refractivity contribution in [1.29, 1.82) is 0 Å². The van der Waals surface area contributed by atoms with Crippen LogP contribution in [0.15, 0.2) is 41.6 Å². The Labute approximate surface area is 152 Å². The van der Waals surface area contributed by atoms with Crippen LogP contribution in [-0.2, 0) is 11.0 Å². The Kier molecular flexibility index (Phi) is 4.77. The second-order valence-corrected chi connectivity index (χ2v) is 6.24. The van der Waals surface area contributed by atoms with E-state index in [0.29, 0.717) is 23.0 Å². The summed E-state index contributed by atoms with van der Waals surface area (Å²) in [5.74, 6) is -1.93. The Morgan fingerprint density at radius 2 is 1.85 bits per heavy atom. The van der Waals surface area contributed by atoms with E-state index in [1.165, 1.54) is 24.3 Å². The molecule has 1 aromatic heterocycles. The van der Waals surface area contributed by atoms with Crippen LogP contribution in [0.4, 0.5) is 18.9 Å². The van der Waals surface area contributed by atoms with E-state index in [0.717, 1.165) is 24.0 Å². The fraction of sp³-hybridized carbons (Fsp3) is 0.278. The van der Waals surface area contributed by atoms with Crippen LogP contribution >= 0.6 is 0 Å². The van der Waals surface area contributed by atoms with Crippen LogP contribution in [0, 0.1) is 0 Å². The van der Waals surface area contributed by atoms with Gasteiger partial charge < -0.3 is 10.4 Å². The summed E-state index contributed by atoms with van der Waals surface area (Å²) in [6.45, 7) is 1.90. The zero-order valence-electron chi connectivity index (χ0n) is 14.3. The summed E-state index contributed by atoms with van der Waals surface area (Å²) in [7, 11) is 0. The van der Waals surface area contributed by atoms with Crippen LogP contribution in [0.2, 0.25) is 0 Å². The summed E-state index contributed by atoms with van der Waals surface area (Å²) < 4.78 is 40.3. The maximum absolute atomic E-state index is 13.3. The quantitative estimate of drug-likeness (QED) is 0.840. The van der Waals surface area contributed by atoms with Gasteiger partial charge in [-0.05, 0) is 50.5 Å². The summed E-state index contributed by atoms with van der Waals surface area (Å²) in [6.07, 6.45) is -1.71. The van der Waals surface area contributed by atoms with Gasteiger partial charge in [-0.25, -0.2) is 9.48 Å². The molecule has 0 unspecified atom stereocenters. The largest absolute Gasteiger partial charge is 0.478 e. The normalized spacial score (nSPS) is 14.5. The summed E-state index contributed by atoms with van der Waals surface area (Å²) in [5, 5.41) is 15.2. The minimum Gasteiger partial charge on any atom is -0.478 e. The first kappa shape index (κ1) is 18.7. The van der Waals surface area contributed by atoms with Gasteiger partial charge in [0.1, 0.15) is 5.56 Å². The summed E-state index contributed by atoms with van der Waals surface area (Å²) >= 11 is 0. The van der Waals surface area contributed by atoms with Gasteiger partial charge in [0.15, 0.2) is 5.69 Å². The van der Waals surface area contributed by atoms with E-state index in [1.54, 1.807) is 0 Å². The topological polar surface area (TPSA) is 84.2 Å². The highest BCUT2D eigenvalue weighted by Gasteiger charge is 2.40. The number of amides is 1. The van der Waals surface area contributed by atoms with E-state index in [2.05, 4.69) is 10.4 Å². The molecule has 27 heavy (non-hydrogen) atoms. The average Bonchev–Trinajstić information content (AvgIpc) is 3.21. The molecule has 142 valence electrons. The number of allylic oxidation sites excluding steroid dienone is 1. The molecule has 0 radical (unpaired) electrons. The number of rotatable bonds is 4. The number of carboxylic acids is 1. The van der Waals surface area contributed by atoms with E-state index in [9.17, 15) is 22.8 Å². The molecule has 1 heterocycles. The smallest absolute Gasteiger partial charge is 0.434 e. The maximum atomic E-state index is 13.3. The molecule has 2 N–H and O–H groups in total. The molecule has 0 spiro atoms. The van der Waals surface area contributed by atoms with Crippen molar-refractivity contribution in [2.24, 2.45) is 0 Å². The number of nitrogens with zero attached hydrogens (tertiary/aromatic N) is 2. The lowest BCUT2D eigenvalue weighted by Gasteiger charge is -2.12. The zero-order chi connectivity index (χ0) is 19.8. The number of carboxylic acid groups (broad SMARTS) is 1. The number of alkyl halides is 3. The fourth-order valence-electron chi connectivity index (χ4n) is 3.07. The maximum Gasteiger partial charge on any atom is 0.434 e. The van der Waals surface area contributed by atoms with Crippen molar-refractivity contribution in [3.05, 3.63) is 52.9 Å². The highest BCUT2D eigenvalue weighted by atomic mass is 19.4. The van der Waals surface area contributed by atoms with Crippen molar-refractivity contribution in [2.45, 2.75) is 32.4 Å². The van der Waals surface area contributed by atoms with Crippen LogP contribution in [0.1, 0.15) is 42.2 Å². The number of carbonyl (C=O) groups excluding carboxylic acids is 1. The number of carbonyl (C=O) groups is 2. The first-order valence-corrected chi connectivity index (χ1v) is 8.17. The van der Waals surface area contributed by atoms with Crippen molar-refractivity contribution in [1.82, 2.24) is 9.78 Å². The van der Waals surface area contributed by atoms with Crippen LogP contribution in [-0.4, -0.2) is 26.8 Å². The van der Waals surface area contributed by atoms with Gasteiger partial charge in [0, 0.05) is 11.3 Å². The third kappa shape index (κ3) is 3.71. The van der Waals surface area contributed by atoms with Gasteiger partial charge in [-0.1, -0.05) is 5.57 Å². The molecule has 1 aromatic carbocycles. The van der Waals surface area contributed by atoms with Gasteiger partial charge in [0.05, 0.1) is 11.9 Å². The lowest BCUT2D eigenvalue weighted by Crippen LogP contribution is -2.17. The summed E-state index contributed by atoms with van der Waals surface area (Å²) in [5.41, 5.74) is -0.0606. The molecular weight excluding hydrogens is 363 g/mol. The molecule has 6 nitrogen and oxygen atoms in total. The molecule has 0 fully saturated rings. The van der Waals surface area contributed by atoms with Crippen molar-refractivity contribution in [3.8, 4) is 5.69 Å². The second kappa shape index (κ2) is 6.90. The number of hydrogen-bond donors (Lipinski definition) is 2. The van der Waals surface area contributed by atoms with Gasteiger partial charge in [-0.15, -0.1) is 0 Å².